The first-order valence-corrected chi connectivity index (χ1v) is 11.2. The topological polar surface area (TPSA) is 88.1 Å². The highest BCUT2D eigenvalue weighted by atomic mass is 32.2. The third-order valence-electron chi connectivity index (χ3n) is 4.55. The maximum absolute atomic E-state index is 13.0. The summed E-state index contributed by atoms with van der Waals surface area (Å²) < 4.78 is 32.5. The van der Waals surface area contributed by atoms with Crippen molar-refractivity contribution < 1.29 is 17.9 Å². The van der Waals surface area contributed by atoms with Crippen molar-refractivity contribution in [3.8, 4) is 5.75 Å². The number of rotatable bonds is 9. The Balaban J connectivity index is 1.76. The molecule has 0 atom stereocenters. The van der Waals surface area contributed by atoms with Gasteiger partial charge in [-0.15, -0.1) is 6.58 Å². The lowest BCUT2D eigenvalue weighted by Gasteiger charge is -2.23. The Labute approximate surface area is 187 Å². The van der Waals surface area contributed by atoms with E-state index in [0.29, 0.717) is 17.0 Å². The lowest BCUT2D eigenvalue weighted by Crippen LogP contribution is -2.31. The van der Waals surface area contributed by atoms with Crippen LogP contribution in [0.3, 0.4) is 0 Å². The number of hydrazone groups is 1. The molecule has 0 saturated heterocycles. The zero-order valence-corrected chi connectivity index (χ0v) is 18.3. The van der Waals surface area contributed by atoms with Crippen molar-refractivity contribution in [1.29, 1.82) is 0 Å². The molecule has 3 rings (SSSR count). The van der Waals surface area contributed by atoms with Gasteiger partial charge in [0.05, 0.1) is 30.5 Å². The number of hydrogen-bond acceptors (Lipinski definition) is 5. The molecule has 0 aliphatic heterocycles. The van der Waals surface area contributed by atoms with E-state index < -0.39 is 15.9 Å². The third kappa shape index (κ3) is 5.22. The van der Waals surface area contributed by atoms with E-state index in [1.165, 1.54) is 28.7 Å². The van der Waals surface area contributed by atoms with Crippen LogP contribution in [0.15, 0.2) is 102 Å². The van der Waals surface area contributed by atoms with Crippen LogP contribution in [0.4, 0.5) is 5.69 Å². The summed E-state index contributed by atoms with van der Waals surface area (Å²) >= 11 is 0. The first-order valence-electron chi connectivity index (χ1n) is 9.72. The van der Waals surface area contributed by atoms with E-state index in [1.807, 2.05) is 18.2 Å². The van der Waals surface area contributed by atoms with Crippen LogP contribution in [-0.4, -0.2) is 34.2 Å². The predicted molar refractivity (Wildman–Crippen MR) is 126 cm³/mol. The number of nitrogens with one attached hydrogen (secondary N) is 1. The standard InChI is InChI=1S/C24H23N3O4S/c1-3-17-27(32(29,30)22-10-5-4-6-11-22)21-15-13-19(14-16-21)24(28)26-25-18-20-9-7-8-12-23(20)31-2/h3-16,18H,1,17H2,2H3,(H,26,28)/b25-18-. The van der Waals surface area contributed by atoms with Crippen molar-refractivity contribution in [2.75, 3.05) is 18.0 Å². The molecule has 0 heterocycles. The number of ether oxygens (including phenoxy) is 1. The summed E-state index contributed by atoms with van der Waals surface area (Å²) in [6, 6.07) is 21.7. The van der Waals surface area contributed by atoms with Crippen LogP contribution in [0.25, 0.3) is 0 Å². The quantitative estimate of drug-likeness (QED) is 0.305. The fourth-order valence-corrected chi connectivity index (χ4v) is 4.41. The molecule has 0 aliphatic rings. The number of benzene rings is 3. The summed E-state index contributed by atoms with van der Waals surface area (Å²) in [5.41, 5.74) is 3.93. The smallest absolute Gasteiger partial charge is 0.271 e. The summed E-state index contributed by atoms with van der Waals surface area (Å²) in [7, 11) is -2.22. The fraction of sp³-hybridized carbons (Fsp3) is 0.0833. The van der Waals surface area contributed by atoms with E-state index >= 15 is 0 Å². The molecule has 0 aliphatic carbocycles. The van der Waals surface area contributed by atoms with Gasteiger partial charge in [0, 0.05) is 11.1 Å². The minimum atomic E-state index is -3.77. The van der Waals surface area contributed by atoms with Crippen molar-refractivity contribution in [1.82, 2.24) is 5.43 Å². The van der Waals surface area contributed by atoms with Crippen molar-refractivity contribution in [3.63, 3.8) is 0 Å². The molecule has 1 N–H and O–H groups in total. The molecule has 0 spiro atoms. The normalized spacial score (nSPS) is 11.2. The van der Waals surface area contributed by atoms with E-state index in [4.69, 9.17) is 4.74 Å². The van der Waals surface area contributed by atoms with Gasteiger partial charge >= 0.3 is 0 Å². The molecule has 3 aromatic carbocycles. The van der Waals surface area contributed by atoms with Gasteiger partial charge in [-0.3, -0.25) is 9.10 Å². The van der Waals surface area contributed by atoms with Crippen LogP contribution in [0.2, 0.25) is 0 Å². The van der Waals surface area contributed by atoms with Gasteiger partial charge in [0.15, 0.2) is 0 Å². The molecule has 0 fully saturated rings. The number of para-hydroxylation sites is 1. The number of hydrogen-bond donors (Lipinski definition) is 1. The molecule has 0 unspecified atom stereocenters. The van der Waals surface area contributed by atoms with Crippen molar-refractivity contribution >= 4 is 27.8 Å². The van der Waals surface area contributed by atoms with Crippen LogP contribution in [0.1, 0.15) is 15.9 Å². The Bertz CT molecular complexity index is 1210. The molecule has 0 saturated carbocycles. The minimum absolute atomic E-state index is 0.0893. The van der Waals surface area contributed by atoms with Gasteiger partial charge in [-0.25, -0.2) is 13.8 Å². The van der Waals surface area contributed by atoms with Gasteiger partial charge in [-0.1, -0.05) is 36.4 Å². The molecule has 1 amide bonds. The third-order valence-corrected chi connectivity index (χ3v) is 6.36. The van der Waals surface area contributed by atoms with E-state index in [2.05, 4.69) is 17.1 Å². The second-order valence-electron chi connectivity index (χ2n) is 6.63. The Morgan fingerprint density at radius 1 is 1.03 bits per heavy atom. The monoisotopic (exact) mass is 449 g/mol. The maximum Gasteiger partial charge on any atom is 0.271 e. The van der Waals surface area contributed by atoms with E-state index in [0.717, 1.165) is 5.56 Å². The van der Waals surface area contributed by atoms with Crippen LogP contribution < -0.4 is 14.5 Å². The molecule has 32 heavy (non-hydrogen) atoms. The zero-order valence-electron chi connectivity index (χ0n) is 17.5. The van der Waals surface area contributed by atoms with Gasteiger partial charge in [0.25, 0.3) is 15.9 Å². The molecule has 7 nitrogen and oxygen atoms in total. The van der Waals surface area contributed by atoms with Crippen LogP contribution in [-0.2, 0) is 10.0 Å². The van der Waals surface area contributed by atoms with Gasteiger partial charge in [0.2, 0.25) is 0 Å². The summed E-state index contributed by atoms with van der Waals surface area (Å²) in [4.78, 5) is 12.6. The molecule has 3 aromatic rings. The average Bonchev–Trinajstić information content (AvgIpc) is 2.83. The average molecular weight is 450 g/mol. The molecule has 0 bridgehead atoms. The molecule has 164 valence electrons. The number of carbonyl (C=O) groups excluding carboxylic acids is 1. The summed E-state index contributed by atoms with van der Waals surface area (Å²) in [5, 5.41) is 3.97. The van der Waals surface area contributed by atoms with Gasteiger partial charge in [0.1, 0.15) is 5.75 Å². The van der Waals surface area contributed by atoms with Crippen molar-refractivity contribution in [3.05, 3.63) is 103 Å². The number of nitrogens with zero attached hydrogens (tertiary/aromatic N) is 2. The second kappa shape index (κ2) is 10.4. The second-order valence-corrected chi connectivity index (χ2v) is 8.49. The highest BCUT2D eigenvalue weighted by Gasteiger charge is 2.23. The molecular weight excluding hydrogens is 426 g/mol. The Morgan fingerprint density at radius 3 is 2.34 bits per heavy atom. The number of methoxy groups -OCH3 is 1. The Kier molecular flexibility index (Phi) is 7.41. The van der Waals surface area contributed by atoms with Crippen LogP contribution in [0, 0.1) is 0 Å². The van der Waals surface area contributed by atoms with Crippen molar-refractivity contribution in [2.45, 2.75) is 4.90 Å². The first kappa shape index (κ1) is 22.8. The van der Waals surface area contributed by atoms with E-state index in [1.54, 1.807) is 55.6 Å². The Morgan fingerprint density at radius 2 is 1.69 bits per heavy atom. The van der Waals surface area contributed by atoms with E-state index in [9.17, 15) is 13.2 Å². The molecule has 0 aromatic heterocycles. The number of sulfonamides is 1. The lowest BCUT2D eigenvalue weighted by molar-refractivity contribution is 0.0955. The van der Waals surface area contributed by atoms with E-state index in [-0.39, 0.29) is 11.4 Å². The largest absolute Gasteiger partial charge is 0.496 e. The Hall–Kier alpha value is -3.91. The lowest BCUT2D eigenvalue weighted by atomic mass is 10.2. The zero-order chi connectivity index (χ0) is 23.0. The number of amides is 1. The van der Waals surface area contributed by atoms with Crippen LogP contribution >= 0.6 is 0 Å². The first-order chi connectivity index (χ1) is 15.5. The summed E-state index contributed by atoms with van der Waals surface area (Å²) in [6.07, 6.45) is 3.00. The predicted octanol–water partition coefficient (Wildman–Crippen LogP) is 3.84. The highest BCUT2D eigenvalue weighted by Crippen LogP contribution is 2.24. The van der Waals surface area contributed by atoms with Gasteiger partial charge in [-0.05, 0) is 48.5 Å². The maximum atomic E-state index is 13.0. The molecule has 8 heteroatoms. The fourth-order valence-electron chi connectivity index (χ4n) is 2.96. The summed E-state index contributed by atoms with van der Waals surface area (Å²) in [5.74, 6) is 0.209. The molecule has 0 radical (unpaired) electrons. The number of carbonyl (C=O) groups is 1. The van der Waals surface area contributed by atoms with Gasteiger partial charge in [-0.2, -0.15) is 5.10 Å². The van der Waals surface area contributed by atoms with Crippen molar-refractivity contribution in [2.24, 2.45) is 5.10 Å². The molecular formula is C24H23N3O4S. The summed E-state index contributed by atoms with van der Waals surface area (Å²) in [6.45, 7) is 3.74. The highest BCUT2D eigenvalue weighted by molar-refractivity contribution is 7.92. The van der Waals surface area contributed by atoms with Gasteiger partial charge < -0.3 is 4.74 Å². The van der Waals surface area contributed by atoms with Crippen LogP contribution in [0.5, 0.6) is 5.75 Å². The SMILES string of the molecule is C=CCN(c1ccc(C(=O)N/N=C\c2ccccc2OC)cc1)S(=O)(=O)c1ccccc1. The number of anilines is 1. The minimum Gasteiger partial charge on any atom is -0.496 e.